The minimum atomic E-state index is -0.826. The standard InChI is InChI=1S/C13H18N2O4/c1-10(16)14-6-8-15(9-7-14)12-4-2-11(19-12)3-5-13(17)18/h2,4H,3,5-9H2,1H3,(H,17,18). The van der Waals surface area contributed by atoms with Crippen LogP contribution >= 0.6 is 0 Å². The molecule has 1 aliphatic rings. The highest BCUT2D eigenvalue weighted by molar-refractivity contribution is 5.73. The van der Waals surface area contributed by atoms with E-state index in [0.29, 0.717) is 25.3 Å². The summed E-state index contributed by atoms with van der Waals surface area (Å²) in [5, 5.41) is 8.62. The molecule has 19 heavy (non-hydrogen) atoms. The maximum Gasteiger partial charge on any atom is 0.303 e. The Balaban J connectivity index is 1.89. The lowest BCUT2D eigenvalue weighted by Crippen LogP contribution is -2.48. The van der Waals surface area contributed by atoms with Gasteiger partial charge in [0.1, 0.15) is 5.76 Å². The van der Waals surface area contributed by atoms with Gasteiger partial charge in [-0.1, -0.05) is 0 Å². The third-order valence-electron chi connectivity index (χ3n) is 3.27. The highest BCUT2D eigenvalue weighted by atomic mass is 16.4. The average Bonchev–Trinajstić information content (AvgIpc) is 2.85. The Morgan fingerprint density at radius 1 is 1.26 bits per heavy atom. The Labute approximate surface area is 111 Å². The van der Waals surface area contributed by atoms with Crippen molar-refractivity contribution in [1.82, 2.24) is 4.90 Å². The molecule has 1 fully saturated rings. The van der Waals surface area contributed by atoms with Crippen molar-refractivity contribution in [3.8, 4) is 0 Å². The van der Waals surface area contributed by atoms with E-state index in [2.05, 4.69) is 4.90 Å². The summed E-state index contributed by atoms with van der Waals surface area (Å²) in [5.41, 5.74) is 0. The van der Waals surface area contributed by atoms with Gasteiger partial charge in [0.2, 0.25) is 5.91 Å². The van der Waals surface area contributed by atoms with E-state index < -0.39 is 5.97 Å². The van der Waals surface area contributed by atoms with E-state index in [1.54, 1.807) is 6.92 Å². The summed E-state index contributed by atoms with van der Waals surface area (Å²) in [6.07, 6.45) is 0.480. The Kier molecular flexibility index (Phi) is 4.09. The predicted molar refractivity (Wildman–Crippen MR) is 69.1 cm³/mol. The summed E-state index contributed by atoms with van der Waals surface area (Å²) in [6.45, 7) is 4.45. The highest BCUT2D eigenvalue weighted by Crippen LogP contribution is 2.21. The van der Waals surface area contributed by atoms with Gasteiger partial charge in [-0.2, -0.15) is 0 Å². The molecule has 1 aromatic heterocycles. The summed E-state index contributed by atoms with van der Waals surface area (Å²) in [4.78, 5) is 25.6. The van der Waals surface area contributed by atoms with Gasteiger partial charge in [-0.05, 0) is 6.07 Å². The maximum absolute atomic E-state index is 11.2. The molecule has 2 rings (SSSR count). The lowest BCUT2D eigenvalue weighted by Gasteiger charge is -2.33. The van der Waals surface area contributed by atoms with Crippen LogP contribution in [0.3, 0.4) is 0 Å². The van der Waals surface area contributed by atoms with E-state index in [1.807, 2.05) is 17.0 Å². The SMILES string of the molecule is CC(=O)N1CCN(c2ccc(CCC(=O)O)o2)CC1. The molecule has 0 aliphatic carbocycles. The first kappa shape index (κ1) is 13.5. The molecular formula is C13H18N2O4. The number of aryl methyl sites for hydroxylation is 1. The molecule has 1 aliphatic heterocycles. The smallest absolute Gasteiger partial charge is 0.303 e. The number of rotatable bonds is 4. The van der Waals surface area contributed by atoms with Gasteiger partial charge in [0.25, 0.3) is 0 Å². The van der Waals surface area contributed by atoms with Gasteiger partial charge < -0.3 is 19.3 Å². The molecule has 1 saturated heterocycles. The molecule has 6 heteroatoms. The van der Waals surface area contributed by atoms with Crippen LogP contribution in [0.2, 0.25) is 0 Å². The number of carbonyl (C=O) groups excluding carboxylic acids is 1. The molecule has 0 bridgehead atoms. The van der Waals surface area contributed by atoms with E-state index in [-0.39, 0.29) is 12.3 Å². The molecule has 0 spiro atoms. The van der Waals surface area contributed by atoms with E-state index >= 15 is 0 Å². The fraction of sp³-hybridized carbons (Fsp3) is 0.538. The van der Waals surface area contributed by atoms with Crippen molar-refractivity contribution in [3.05, 3.63) is 17.9 Å². The van der Waals surface area contributed by atoms with Gasteiger partial charge >= 0.3 is 5.97 Å². The van der Waals surface area contributed by atoms with Gasteiger partial charge in [0.15, 0.2) is 5.88 Å². The molecule has 2 heterocycles. The maximum atomic E-state index is 11.2. The molecule has 1 amide bonds. The third-order valence-corrected chi connectivity index (χ3v) is 3.27. The number of nitrogens with zero attached hydrogens (tertiary/aromatic N) is 2. The topological polar surface area (TPSA) is 74.0 Å². The van der Waals surface area contributed by atoms with Crippen LogP contribution in [-0.2, 0) is 16.0 Å². The molecule has 0 unspecified atom stereocenters. The number of carboxylic acids is 1. The van der Waals surface area contributed by atoms with Crippen molar-refractivity contribution in [1.29, 1.82) is 0 Å². The van der Waals surface area contributed by atoms with E-state index in [1.165, 1.54) is 0 Å². The van der Waals surface area contributed by atoms with Crippen LogP contribution < -0.4 is 4.90 Å². The Morgan fingerprint density at radius 2 is 1.95 bits per heavy atom. The Morgan fingerprint density at radius 3 is 2.53 bits per heavy atom. The van der Waals surface area contributed by atoms with Crippen LogP contribution in [0.4, 0.5) is 5.88 Å². The van der Waals surface area contributed by atoms with Crippen LogP contribution in [0.25, 0.3) is 0 Å². The average molecular weight is 266 g/mol. The zero-order chi connectivity index (χ0) is 13.8. The van der Waals surface area contributed by atoms with Gasteiger partial charge in [0.05, 0.1) is 6.42 Å². The third kappa shape index (κ3) is 3.49. The second kappa shape index (κ2) is 5.77. The normalized spacial score (nSPS) is 15.6. The first-order valence-electron chi connectivity index (χ1n) is 6.37. The van der Waals surface area contributed by atoms with Crippen molar-refractivity contribution in [2.45, 2.75) is 19.8 Å². The van der Waals surface area contributed by atoms with Crippen LogP contribution in [0.15, 0.2) is 16.5 Å². The number of furan rings is 1. The van der Waals surface area contributed by atoms with Gasteiger partial charge in [0, 0.05) is 45.6 Å². The second-order valence-electron chi connectivity index (χ2n) is 4.63. The number of carboxylic acid groups (broad SMARTS) is 1. The summed E-state index contributed by atoms with van der Waals surface area (Å²) in [6, 6.07) is 3.68. The summed E-state index contributed by atoms with van der Waals surface area (Å²) in [5.74, 6) is 0.712. The lowest BCUT2D eigenvalue weighted by atomic mass is 10.2. The monoisotopic (exact) mass is 266 g/mol. The molecule has 0 saturated carbocycles. The van der Waals surface area contributed by atoms with Crippen molar-refractivity contribution >= 4 is 17.8 Å². The number of anilines is 1. The number of amides is 1. The fourth-order valence-corrected chi connectivity index (χ4v) is 2.14. The van der Waals surface area contributed by atoms with Crippen molar-refractivity contribution in [2.75, 3.05) is 31.1 Å². The molecule has 1 aromatic rings. The number of piperazine rings is 1. The Hall–Kier alpha value is -1.98. The zero-order valence-corrected chi connectivity index (χ0v) is 11.0. The van der Waals surface area contributed by atoms with Crippen LogP contribution in [0, 0.1) is 0 Å². The van der Waals surface area contributed by atoms with E-state index in [9.17, 15) is 9.59 Å². The number of aliphatic carboxylic acids is 1. The lowest BCUT2D eigenvalue weighted by molar-refractivity contribution is -0.137. The van der Waals surface area contributed by atoms with Crippen LogP contribution in [-0.4, -0.2) is 48.1 Å². The second-order valence-corrected chi connectivity index (χ2v) is 4.63. The molecule has 0 atom stereocenters. The summed E-state index contributed by atoms with van der Waals surface area (Å²) in [7, 11) is 0. The minimum Gasteiger partial charge on any atom is -0.481 e. The number of hydrogen-bond acceptors (Lipinski definition) is 4. The number of carbonyl (C=O) groups is 2. The van der Waals surface area contributed by atoms with Crippen molar-refractivity contribution in [3.63, 3.8) is 0 Å². The van der Waals surface area contributed by atoms with Gasteiger partial charge in [-0.25, -0.2) is 0 Å². The molecule has 0 radical (unpaired) electrons. The van der Waals surface area contributed by atoms with Crippen LogP contribution in [0.1, 0.15) is 19.1 Å². The van der Waals surface area contributed by atoms with Gasteiger partial charge in [-0.3, -0.25) is 9.59 Å². The first-order valence-corrected chi connectivity index (χ1v) is 6.37. The van der Waals surface area contributed by atoms with E-state index in [4.69, 9.17) is 9.52 Å². The predicted octanol–water partition coefficient (Wildman–Crippen LogP) is 0.965. The highest BCUT2D eigenvalue weighted by Gasteiger charge is 2.20. The minimum absolute atomic E-state index is 0.0745. The zero-order valence-electron chi connectivity index (χ0n) is 11.0. The quantitative estimate of drug-likeness (QED) is 0.878. The fourth-order valence-electron chi connectivity index (χ4n) is 2.14. The molecule has 1 N–H and O–H groups in total. The van der Waals surface area contributed by atoms with Crippen molar-refractivity contribution in [2.24, 2.45) is 0 Å². The van der Waals surface area contributed by atoms with E-state index in [0.717, 1.165) is 19.0 Å². The van der Waals surface area contributed by atoms with Crippen LogP contribution in [0.5, 0.6) is 0 Å². The Bertz CT molecular complexity index is 461. The largest absolute Gasteiger partial charge is 0.481 e. The molecular weight excluding hydrogens is 248 g/mol. The summed E-state index contributed by atoms with van der Waals surface area (Å²) >= 11 is 0. The molecule has 104 valence electrons. The summed E-state index contributed by atoms with van der Waals surface area (Å²) < 4.78 is 5.63. The van der Waals surface area contributed by atoms with Crippen molar-refractivity contribution < 1.29 is 19.1 Å². The molecule has 0 aromatic carbocycles. The van der Waals surface area contributed by atoms with Gasteiger partial charge in [-0.15, -0.1) is 0 Å². The number of hydrogen-bond donors (Lipinski definition) is 1. The molecule has 6 nitrogen and oxygen atoms in total. The first-order chi connectivity index (χ1) is 9.06.